The van der Waals surface area contributed by atoms with E-state index in [4.69, 9.17) is 9.97 Å². The lowest BCUT2D eigenvalue weighted by molar-refractivity contribution is 0.425. The zero-order chi connectivity index (χ0) is 18.1. The molecule has 3 aromatic rings. The average molecular weight is 368 g/mol. The molecule has 5 nitrogen and oxygen atoms in total. The van der Waals surface area contributed by atoms with Crippen molar-refractivity contribution >= 4 is 27.4 Å². The summed E-state index contributed by atoms with van der Waals surface area (Å²) in [5, 5.41) is 4.81. The molecule has 1 atom stereocenters. The molecule has 1 aliphatic carbocycles. The highest BCUT2D eigenvalue weighted by molar-refractivity contribution is 7.19. The van der Waals surface area contributed by atoms with E-state index in [0.717, 1.165) is 53.9 Å². The van der Waals surface area contributed by atoms with Crippen molar-refractivity contribution in [2.24, 2.45) is 5.92 Å². The van der Waals surface area contributed by atoms with Crippen molar-refractivity contribution in [1.82, 2.24) is 19.9 Å². The number of nitrogens with one attached hydrogen (secondary N) is 1. The Hall–Kier alpha value is -2.05. The molecule has 0 saturated carbocycles. The predicted molar refractivity (Wildman–Crippen MR) is 109 cm³/mol. The van der Waals surface area contributed by atoms with Crippen molar-refractivity contribution in [3.63, 3.8) is 0 Å². The second kappa shape index (κ2) is 7.29. The normalized spacial score (nSPS) is 16.8. The molecule has 0 saturated heterocycles. The molecule has 0 radical (unpaired) electrons. The van der Waals surface area contributed by atoms with Gasteiger partial charge in [0.15, 0.2) is 5.82 Å². The molecular formula is C20H25N5S. The molecule has 136 valence electrons. The molecule has 0 aromatic carbocycles. The first-order chi connectivity index (χ1) is 12.6. The van der Waals surface area contributed by atoms with Crippen molar-refractivity contribution in [2.75, 3.05) is 32.5 Å². The van der Waals surface area contributed by atoms with Gasteiger partial charge in [-0.2, -0.15) is 0 Å². The van der Waals surface area contributed by atoms with Gasteiger partial charge in [0.25, 0.3) is 0 Å². The first-order valence-electron chi connectivity index (χ1n) is 9.23. The van der Waals surface area contributed by atoms with E-state index in [0.29, 0.717) is 0 Å². The number of hydrogen-bond donors (Lipinski definition) is 1. The van der Waals surface area contributed by atoms with Gasteiger partial charge in [-0.25, -0.2) is 9.97 Å². The molecule has 4 rings (SSSR count). The van der Waals surface area contributed by atoms with Crippen molar-refractivity contribution in [3.05, 3.63) is 35.0 Å². The minimum absolute atomic E-state index is 0.754. The minimum Gasteiger partial charge on any atom is -0.368 e. The van der Waals surface area contributed by atoms with Crippen LogP contribution < -0.4 is 5.32 Å². The summed E-state index contributed by atoms with van der Waals surface area (Å²) in [6.45, 7) is 4.18. The van der Waals surface area contributed by atoms with E-state index in [-0.39, 0.29) is 0 Å². The van der Waals surface area contributed by atoms with Gasteiger partial charge in [0.2, 0.25) is 0 Å². The van der Waals surface area contributed by atoms with Crippen LogP contribution in [0.3, 0.4) is 0 Å². The van der Waals surface area contributed by atoms with Crippen LogP contribution in [0.5, 0.6) is 0 Å². The number of aromatic nitrogens is 3. The minimum atomic E-state index is 0.754. The van der Waals surface area contributed by atoms with Crippen LogP contribution in [-0.4, -0.2) is 47.0 Å². The van der Waals surface area contributed by atoms with Gasteiger partial charge < -0.3 is 10.2 Å². The number of nitrogens with zero attached hydrogens (tertiary/aromatic N) is 4. The molecule has 0 bridgehead atoms. The number of likely N-dealkylation sites (N-methyl/N-ethyl adjacent to an activating group) is 1. The predicted octanol–water partition coefficient (Wildman–Crippen LogP) is 3.85. The second-order valence-corrected chi connectivity index (χ2v) is 8.48. The Kier molecular flexibility index (Phi) is 4.87. The number of anilines is 1. The van der Waals surface area contributed by atoms with Crippen molar-refractivity contribution in [3.8, 4) is 11.4 Å². The van der Waals surface area contributed by atoms with Crippen molar-refractivity contribution in [2.45, 2.75) is 26.2 Å². The van der Waals surface area contributed by atoms with Crippen LogP contribution in [-0.2, 0) is 12.8 Å². The Morgan fingerprint density at radius 2 is 2.19 bits per heavy atom. The fraction of sp³-hybridized carbons (Fsp3) is 0.450. The number of hydrogen-bond acceptors (Lipinski definition) is 6. The first-order valence-corrected chi connectivity index (χ1v) is 10.0. The van der Waals surface area contributed by atoms with E-state index in [1.807, 2.05) is 29.7 Å². The third kappa shape index (κ3) is 3.44. The molecule has 3 heterocycles. The molecule has 0 spiro atoms. The van der Waals surface area contributed by atoms with Crippen molar-refractivity contribution < 1.29 is 0 Å². The highest BCUT2D eigenvalue weighted by Crippen LogP contribution is 2.40. The lowest BCUT2D eigenvalue weighted by Crippen LogP contribution is -2.21. The SMILES string of the molecule is C[C@H]1CCc2c(sc3nc(-c4cccnc4)nc(NCCN(C)C)c23)C1. The van der Waals surface area contributed by atoms with Crippen LogP contribution >= 0.6 is 11.3 Å². The Bertz CT molecular complexity index is 903. The van der Waals surface area contributed by atoms with Gasteiger partial charge in [0, 0.05) is 35.9 Å². The highest BCUT2D eigenvalue weighted by atomic mass is 32.1. The van der Waals surface area contributed by atoms with Crippen LogP contribution in [0.2, 0.25) is 0 Å². The first kappa shape index (κ1) is 17.4. The monoisotopic (exact) mass is 367 g/mol. The Labute approximate surface area is 158 Å². The molecule has 0 aliphatic heterocycles. The summed E-state index contributed by atoms with van der Waals surface area (Å²) in [6, 6.07) is 3.95. The second-order valence-electron chi connectivity index (χ2n) is 7.40. The van der Waals surface area contributed by atoms with Gasteiger partial charge in [-0.1, -0.05) is 6.92 Å². The van der Waals surface area contributed by atoms with E-state index >= 15 is 0 Å². The third-order valence-electron chi connectivity index (χ3n) is 4.93. The zero-order valence-electron chi connectivity index (χ0n) is 15.6. The summed E-state index contributed by atoms with van der Waals surface area (Å²) in [7, 11) is 4.18. The number of aryl methyl sites for hydroxylation is 1. The fourth-order valence-electron chi connectivity index (χ4n) is 3.49. The van der Waals surface area contributed by atoms with Crippen LogP contribution in [0.25, 0.3) is 21.6 Å². The van der Waals surface area contributed by atoms with Crippen LogP contribution in [0.15, 0.2) is 24.5 Å². The number of rotatable bonds is 5. The molecule has 1 aliphatic rings. The summed E-state index contributed by atoms with van der Waals surface area (Å²) in [4.78, 5) is 18.8. The molecule has 0 unspecified atom stereocenters. The number of pyridine rings is 1. The summed E-state index contributed by atoms with van der Waals surface area (Å²) >= 11 is 1.84. The molecule has 3 aromatic heterocycles. The molecule has 0 fully saturated rings. The van der Waals surface area contributed by atoms with Crippen LogP contribution in [0, 0.1) is 5.92 Å². The third-order valence-corrected chi connectivity index (χ3v) is 6.07. The summed E-state index contributed by atoms with van der Waals surface area (Å²) < 4.78 is 0. The quantitative estimate of drug-likeness (QED) is 0.742. The zero-order valence-corrected chi connectivity index (χ0v) is 16.4. The Balaban J connectivity index is 1.81. The van der Waals surface area contributed by atoms with Gasteiger partial charge in [0.1, 0.15) is 10.6 Å². The molecule has 26 heavy (non-hydrogen) atoms. The highest BCUT2D eigenvalue weighted by Gasteiger charge is 2.24. The smallest absolute Gasteiger partial charge is 0.164 e. The van der Waals surface area contributed by atoms with E-state index < -0.39 is 0 Å². The van der Waals surface area contributed by atoms with Gasteiger partial charge in [-0.3, -0.25) is 4.98 Å². The van der Waals surface area contributed by atoms with E-state index in [2.05, 4.69) is 36.2 Å². The molecule has 1 N–H and O–H groups in total. The number of thiophene rings is 1. The maximum absolute atomic E-state index is 4.90. The van der Waals surface area contributed by atoms with Crippen LogP contribution in [0.4, 0.5) is 5.82 Å². The number of fused-ring (bicyclic) bond motifs is 3. The van der Waals surface area contributed by atoms with Crippen molar-refractivity contribution in [1.29, 1.82) is 0 Å². The molecule has 6 heteroatoms. The lowest BCUT2D eigenvalue weighted by atomic mass is 9.89. The van der Waals surface area contributed by atoms with E-state index in [1.165, 1.54) is 22.2 Å². The summed E-state index contributed by atoms with van der Waals surface area (Å²) in [5.74, 6) is 2.49. The molecular weight excluding hydrogens is 342 g/mol. The van der Waals surface area contributed by atoms with Gasteiger partial charge >= 0.3 is 0 Å². The maximum atomic E-state index is 4.90. The summed E-state index contributed by atoms with van der Waals surface area (Å²) in [6.07, 6.45) is 7.16. The molecule has 0 amide bonds. The fourth-order valence-corrected chi connectivity index (χ4v) is 4.87. The Morgan fingerprint density at radius 3 is 2.96 bits per heavy atom. The van der Waals surface area contributed by atoms with Gasteiger partial charge in [0.05, 0.1) is 5.39 Å². The average Bonchev–Trinajstić information content (AvgIpc) is 2.99. The van der Waals surface area contributed by atoms with E-state index in [9.17, 15) is 0 Å². The standard InChI is InChI=1S/C20H25N5S/c1-13-6-7-15-16(11-13)26-20-17(15)19(22-9-10-25(2)3)23-18(24-20)14-5-4-8-21-12-14/h4-5,8,12-13H,6-7,9-11H2,1-3H3,(H,22,23,24)/t13-/m0/s1. The van der Waals surface area contributed by atoms with Crippen LogP contribution in [0.1, 0.15) is 23.8 Å². The van der Waals surface area contributed by atoms with Gasteiger partial charge in [-0.15, -0.1) is 11.3 Å². The van der Waals surface area contributed by atoms with E-state index in [1.54, 1.807) is 6.20 Å². The lowest BCUT2D eigenvalue weighted by Gasteiger charge is -2.18. The van der Waals surface area contributed by atoms with Gasteiger partial charge in [-0.05, 0) is 57.0 Å². The topological polar surface area (TPSA) is 53.9 Å². The Morgan fingerprint density at radius 1 is 1.31 bits per heavy atom. The summed E-state index contributed by atoms with van der Waals surface area (Å²) in [5.41, 5.74) is 2.43. The maximum Gasteiger partial charge on any atom is 0.164 e. The largest absolute Gasteiger partial charge is 0.368 e.